The molecule has 7 heteroatoms. The van der Waals surface area contributed by atoms with Crippen LogP contribution in [0.1, 0.15) is 5.56 Å². The molecule has 1 N–H and O–H groups in total. The molecule has 114 valence electrons. The largest absolute Gasteiger partial charge is 0.394 e. The Labute approximate surface area is 119 Å². The lowest BCUT2D eigenvalue weighted by molar-refractivity contribution is 0.0252. The van der Waals surface area contributed by atoms with E-state index in [0.717, 1.165) is 5.56 Å². The van der Waals surface area contributed by atoms with Crippen molar-refractivity contribution in [2.24, 2.45) is 0 Å². The number of aryl methyl sites for hydroxylation is 1. The van der Waals surface area contributed by atoms with Crippen molar-refractivity contribution in [1.29, 1.82) is 0 Å². The Morgan fingerprint density at radius 2 is 1.50 bits per heavy atom. The highest BCUT2D eigenvalue weighted by Crippen LogP contribution is 2.12. The first kappa shape index (κ1) is 17.1. The maximum atomic E-state index is 11.8. The number of rotatable bonds is 10. The van der Waals surface area contributed by atoms with Gasteiger partial charge in [0.05, 0.1) is 44.5 Å². The van der Waals surface area contributed by atoms with Crippen molar-refractivity contribution in [3.63, 3.8) is 0 Å². The Bertz CT molecular complexity index is 468. The molecule has 0 bridgehead atoms. The average Bonchev–Trinajstić information content (AvgIpc) is 2.42. The van der Waals surface area contributed by atoms with E-state index in [1.54, 1.807) is 12.1 Å². The lowest BCUT2D eigenvalue weighted by Gasteiger charge is -2.07. The van der Waals surface area contributed by atoms with Crippen LogP contribution in [0.3, 0.4) is 0 Å². The smallest absolute Gasteiger partial charge is 0.297 e. The molecule has 0 saturated heterocycles. The first-order valence-electron chi connectivity index (χ1n) is 6.29. The van der Waals surface area contributed by atoms with Crippen molar-refractivity contribution in [1.82, 2.24) is 0 Å². The number of hydrogen-bond acceptors (Lipinski definition) is 6. The SMILES string of the molecule is Cc1ccc(S(=O)(=O)OCCOCCOCCO)cc1. The third-order valence-electron chi connectivity index (χ3n) is 2.38. The second-order valence-electron chi connectivity index (χ2n) is 4.04. The zero-order valence-corrected chi connectivity index (χ0v) is 12.3. The van der Waals surface area contributed by atoms with Gasteiger partial charge < -0.3 is 14.6 Å². The van der Waals surface area contributed by atoms with Crippen molar-refractivity contribution < 1.29 is 27.2 Å². The van der Waals surface area contributed by atoms with Crippen molar-refractivity contribution in [3.8, 4) is 0 Å². The summed E-state index contributed by atoms with van der Waals surface area (Å²) >= 11 is 0. The molecule has 0 heterocycles. The number of aliphatic hydroxyl groups excluding tert-OH is 1. The Morgan fingerprint density at radius 3 is 2.10 bits per heavy atom. The molecule has 0 spiro atoms. The van der Waals surface area contributed by atoms with Crippen LogP contribution in [-0.2, 0) is 23.8 Å². The highest BCUT2D eigenvalue weighted by Gasteiger charge is 2.14. The van der Waals surface area contributed by atoms with Gasteiger partial charge in [-0.3, -0.25) is 4.18 Å². The topological polar surface area (TPSA) is 82.1 Å². The summed E-state index contributed by atoms with van der Waals surface area (Å²) in [5.41, 5.74) is 0.982. The predicted octanol–water partition coefficient (Wildman–Crippen LogP) is 0.726. The number of aliphatic hydroxyl groups is 1. The van der Waals surface area contributed by atoms with Crippen molar-refractivity contribution >= 4 is 10.1 Å². The fraction of sp³-hybridized carbons (Fsp3) is 0.538. The number of benzene rings is 1. The summed E-state index contributed by atoms with van der Waals surface area (Å²) in [7, 11) is -3.72. The Hall–Kier alpha value is -0.990. The minimum Gasteiger partial charge on any atom is -0.394 e. The second kappa shape index (κ2) is 9.04. The highest BCUT2D eigenvalue weighted by atomic mass is 32.2. The van der Waals surface area contributed by atoms with Crippen LogP contribution >= 0.6 is 0 Å². The standard InChI is InChI=1S/C13H20O6S/c1-12-2-4-13(5-3-12)20(15,16)19-11-10-18-9-8-17-7-6-14/h2-5,14H,6-11H2,1H3. The molecule has 0 atom stereocenters. The minimum absolute atomic E-state index is 0.0299. The normalized spacial score (nSPS) is 11.7. The summed E-state index contributed by atoms with van der Waals surface area (Å²) in [6, 6.07) is 6.44. The maximum Gasteiger partial charge on any atom is 0.297 e. The van der Waals surface area contributed by atoms with Crippen LogP contribution in [0.25, 0.3) is 0 Å². The van der Waals surface area contributed by atoms with Gasteiger partial charge in [-0.05, 0) is 19.1 Å². The van der Waals surface area contributed by atoms with Crippen LogP contribution in [0.5, 0.6) is 0 Å². The van der Waals surface area contributed by atoms with Crippen LogP contribution in [0.4, 0.5) is 0 Å². The van der Waals surface area contributed by atoms with E-state index in [4.69, 9.17) is 18.8 Å². The summed E-state index contributed by atoms with van der Waals surface area (Å²) in [5.74, 6) is 0. The Morgan fingerprint density at radius 1 is 0.950 bits per heavy atom. The van der Waals surface area contributed by atoms with E-state index < -0.39 is 10.1 Å². The van der Waals surface area contributed by atoms with Gasteiger partial charge in [-0.2, -0.15) is 8.42 Å². The lowest BCUT2D eigenvalue weighted by atomic mass is 10.2. The highest BCUT2D eigenvalue weighted by molar-refractivity contribution is 7.86. The van der Waals surface area contributed by atoms with Gasteiger partial charge >= 0.3 is 0 Å². The Balaban J connectivity index is 2.22. The lowest BCUT2D eigenvalue weighted by Crippen LogP contribution is -2.14. The van der Waals surface area contributed by atoms with Crippen LogP contribution in [0, 0.1) is 6.92 Å². The zero-order valence-electron chi connectivity index (χ0n) is 11.4. The van der Waals surface area contributed by atoms with Gasteiger partial charge in [0.15, 0.2) is 0 Å². The summed E-state index contributed by atoms with van der Waals surface area (Å²) in [4.78, 5) is 0.134. The Kier molecular flexibility index (Phi) is 7.71. The number of ether oxygens (including phenoxy) is 2. The van der Waals surface area contributed by atoms with Gasteiger partial charge in [-0.25, -0.2) is 0 Å². The van der Waals surface area contributed by atoms with Crippen molar-refractivity contribution in [3.05, 3.63) is 29.8 Å². The van der Waals surface area contributed by atoms with Crippen LogP contribution in [0.2, 0.25) is 0 Å². The molecular weight excluding hydrogens is 284 g/mol. The van der Waals surface area contributed by atoms with Crippen LogP contribution in [-0.4, -0.2) is 53.2 Å². The van der Waals surface area contributed by atoms with Crippen LogP contribution in [0.15, 0.2) is 29.2 Å². The predicted molar refractivity (Wildman–Crippen MR) is 73.0 cm³/mol. The average molecular weight is 304 g/mol. The molecular formula is C13H20O6S. The first-order valence-corrected chi connectivity index (χ1v) is 7.69. The van der Waals surface area contributed by atoms with Crippen molar-refractivity contribution in [2.45, 2.75) is 11.8 Å². The quantitative estimate of drug-likeness (QED) is 0.507. The van der Waals surface area contributed by atoms with Crippen LogP contribution < -0.4 is 0 Å². The van der Waals surface area contributed by atoms with E-state index in [9.17, 15) is 8.42 Å². The van der Waals surface area contributed by atoms with Gasteiger partial charge in [0, 0.05) is 0 Å². The second-order valence-corrected chi connectivity index (χ2v) is 5.65. The molecule has 0 aliphatic carbocycles. The minimum atomic E-state index is -3.72. The molecule has 0 aromatic heterocycles. The third-order valence-corrected chi connectivity index (χ3v) is 3.71. The van der Waals surface area contributed by atoms with Gasteiger partial charge in [0.2, 0.25) is 0 Å². The fourth-order valence-corrected chi connectivity index (χ4v) is 2.26. The van der Waals surface area contributed by atoms with E-state index in [0.29, 0.717) is 13.2 Å². The molecule has 0 radical (unpaired) electrons. The van der Waals surface area contributed by atoms with Gasteiger partial charge in [-0.1, -0.05) is 17.7 Å². The van der Waals surface area contributed by atoms with E-state index in [2.05, 4.69) is 0 Å². The molecule has 1 aromatic carbocycles. The van der Waals surface area contributed by atoms with Gasteiger partial charge in [0.1, 0.15) is 0 Å². The fourth-order valence-electron chi connectivity index (χ4n) is 1.36. The van der Waals surface area contributed by atoms with Gasteiger partial charge in [-0.15, -0.1) is 0 Å². The third kappa shape index (κ3) is 6.44. The molecule has 0 fully saturated rings. The molecule has 0 aliphatic heterocycles. The summed E-state index contributed by atoms with van der Waals surface area (Å²) < 4.78 is 38.5. The molecule has 1 aromatic rings. The molecule has 0 unspecified atom stereocenters. The summed E-state index contributed by atoms with van der Waals surface area (Å²) in [5, 5.41) is 8.47. The van der Waals surface area contributed by atoms with E-state index >= 15 is 0 Å². The molecule has 6 nitrogen and oxygen atoms in total. The first-order chi connectivity index (χ1) is 9.56. The summed E-state index contributed by atoms with van der Waals surface area (Å²) in [6.45, 7) is 2.91. The monoisotopic (exact) mass is 304 g/mol. The van der Waals surface area contributed by atoms with E-state index in [1.165, 1.54) is 12.1 Å². The number of hydrogen-bond donors (Lipinski definition) is 1. The molecule has 0 saturated carbocycles. The molecule has 1 rings (SSSR count). The van der Waals surface area contributed by atoms with Crippen molar-refractivity contribution in [2.75, 3.05) is 39.6 Å². The van der Waals surface area contributed by atoms with E-state index in [1.807, 2.05) is 6.92 Å². The zero-order chi connectivity index (χ0) is 14.8. The van der Waals surface area contributed by atoms with Gasteiger partial charge in [0.25, 0.3) is 10.1 Å². The van der Waals surface area contributed by atoms with E-state index in [-0.39, 0.29) is 31.3 Å². The molecule has 0 amide bonds. The maximum absolute atomic E-state index is 11.8. The summed E-state index contributed by atoms with van der Waals surface area (Å²) in [6.07, 6.45) is 0. The molecule has 0 aliphatic rings. The molecule has 20 heavy (non-hydrogen) atoms.